The molecule has 2 aromatic rings. The first-order valence-corrected chi connectivity index (χ1v) is 8.28. The molecule has 1 aromatic heterocycles. The van der Waals surface area contributed by atoms with Crippen molar-refractivity contribution in [2.45, 2.75) is 17.4 Å². The Bertz CT molecular complexity index is 692. The standard InChI is InChI=1S/C16H16N2O4S/c19-15(13-8-4-5-10-17-13)18-14(16(20)21)9-11-23(22)12-6-2-1-3-7-12/h1-8,10,14H,9,11H2,(H,18,19)(H,20,21)/t14-,23+/m1/s1. The highest BCUT2D eigenvalue weighted by Gasteiger charge is 2.22. The van der Waals surface area contributed by atoms with Gasteiger partial charge in [-0.15, -0.1) is 0 Å². The summed E-state index contributed by atoms with van der Waals surface area (Å²) in [5.74, 6) is -1.59. The fourth-order valence-electron chi connectivity index (χ4n) is 1.90. The van der Waals surface area contributed by atoms with Crippen LogP contribution >= 0.6 is 0 Å². The minimum absolute atomic E-state index is 0.0649. The van der Waals surface area contributed by atoms with Gasteiger partial charge in [0.25, 0.3) is 5.91 Å². The van der Waals surface area contributed by atoms with Crippen molar-refractivity contribution in [1.29, 1.82) is 0 Å². The fourth-order valence-corrected chi connectivity index (χ4v) is 3.05. The summed E-state index contributed by atoms with van der Waals surface area (Å²) >= 11 is 0. The Labute approximate surface area is 136 Å². The molecule has 2 rings (SSSR count). The van der Waals surface area contributed by atoms with E-state index < -0.39 is 28.7 Å². The SMILES string of the molecule is O=C(N[C@H](CC[S@](=O)c1ccccc1)C(=O)O)c1ccccn1. The summed E-state index contributed by atoms with van der Waals surface area (Å²) < 4.78 is 12.1. The molecule has 0 radical (unpaired) electrons. The van der Waals surface area contributed by atoms with Crippen molar-refractivity contribution in [1.82, 2.24) is 10.3 Å². The van der Waals surface area contributed by atoms with Crippen molar-refractivity contribution in [3.63, 3.8) is 0 Å². The number of benzene rings is 1. The first kappa shape index (κ1) is 16.8. The maximum absolute atomic E-state index is 12.1. The van der Waals surface area contributed by atoms with Gasteiger partial charge in [-0.2, -0.15) is 0 Å². The molecule has 23 heavy (non-hydrogen) atoms. The van der Waals surface area contributed by atoms with E-state index in [1.54, 1.807) is 36.4 Å². The minimum Gasteiger partial charge on any atom is -0.480 e. The summed E-state index contributed by atoms with van der Waals surface area (Å²) in [4.78, 5) is 27.7. The molecule has 0 unspecified atom stereocenters. The number of hydrogen-bond donors (Lipinski definition) is 2. The van der Waals surface area contributed by atoms with Gasteiger partial charge in [-0.3, -0.25) is 14.0 Å². The number of nitrogens with zero attached hydrogens (tertiary/aromatic N) is 1. The second-order valence-electron chi connectivity index (χ2n) is 4.73. The normalized spacial score (nSPS) is 13.0. The van der Waals surface area contributed by atoms with Gasteiger partial charge in [0, 0.05) is 16.8 Å². The van der Waals surface area contributed by atoms with E-state index in [1.165, 1.54) is 12.3 Å². The van der Waals surface area contributed by atoms with E-state index in [0.29, 0.717) is 4.90 Å². The third-order valence-corrected chi connectivity index (χ3v) is 4.50. The average molecular weight is 332 g/mol. The second-order valence-corrected chi connectivity index (χ2v) is 6.30. The number of carboxylic acids is 1. The predicted molar refractivity (Wildman–Crippen MR) is 85.5 cm³/mol. The van der Waals surface area contributed by atoms with E-state index in [4.69, 9.17) is 0 Å². The summed E-state index contributed by atoms with van der Waals surface area (Å²) in [5.41, 5.74) is 0.142. The number of carbonyl (C=O) groups excluding carboxylic acids is 1. The number of amides is 1. The Morgan fingerprint density at radius 2 is 1.83 bits per heavy atom. The van der Waals surface area contributed by atoms with Crippen LogP contribution in [0.5, 0.6) is 0 Å². The van der Waals surface area contributed by atoms with Crippen LogP contribution in [0.25, 0.3) is 0 Å². The molecule has 1 aromatic carbocycles. The van der Waals surface area contributed by atoms with Crippen LogP contribution in [-0.4, -0.2) is 38.0 Å². The molecule has 2 N–H and O–H groups in total. The highest BCUT2D eigenvalue weighted by molar-refractivity contribution is 7.85. The maximum atomic E-state index is 12.1. The first-order chi connectivity index (χ1) is 11.1. The van der Waals surface area contributed by atoms with E-state index >= 15 is 0 Å². The summed E-state index contributed by atoms with van der Waals surface area (Å²) in [6.07, 6.45) is 1.52. The van der Waals surface area contributed by atoms with Gasteiger partial charge < -0.3 is 10.4 Å². The molecule has 2 atom stereocenters. The van der Waals surface area contributed by atoms with Crippen molar-refractivity contribution >= 4 is 22.7 Å². The van der Waals surface area contributed by atoms with Gasteiger partial charge in [-0.05, 0) is 30.7 Å². The lowest BCUT2D eigenvalue weighted by atomic mass is 10.2. The van der Waals surface area contributed by atoms with Crippen LogP contribution in [0.2, 0.25) is 0 Å². The van der Waals surface area contributed by atoms with Gasteiger partial charge in [-0.1, -0.05) is 24.3 Å². The third-order valence-electron chi connectivity index (χ3n) is 3.10. The van der Waals surface area contributed by atoms with Crippen LogP contribution < -0.4 is 5.32 Å². The quantitative estimate of drug-likeness (QED) is 0.800. The molecular weight excluding hydrogens is 316 g/mol. The topological polar surface area (TPSA) is 96.4 Å². The van der Waals surface area contributed by atoms with E-state index in [-0.39, 0.29) is 17.9 Å². The van der Waals surface area contributed by atoms with Crippen LogP contribution in [0.4, 0.5) is 0 Å². The summed E-state index contributed by atoms with van der Waals surface area (Å²) in [7, 11) is -1.31. The Morgan fingerprint density at radius 3 is 2.43 bits per heavy atom. The van der Waals surface area contributed by atoms with Crippen molar-refractivity contribution < 1.29 is 18.9 Å². The van der Waals surface area contributed by atoms with E-state index in [1.807, 2.05) is 6.07 Å². The molecule has 0 fully saturated rings. The number of carboxylic acid groups (broad SMARTS) is 1. The largest absolute Gasteiger partial charge is 0.480 e. The van der Waals surface area contributed by atoms with Gasteiger partial charge in [0.1, 0.15) is 11.7 Å². The molecule has 120 valence electrons. The minimum atomic E-state index is -1.31. The lowest BCUT2D eigenvalue weighted by Crippen LogP contribution is -2.41. The van der Waals surface area contributed by atoms with Gasteiger partial charge in [0.05, 0.1) is 10.8 Å². The molecule has 0 bridgehead atoms. The van der Waals surface area contributed by atoms with Crippen molar-refractivity contribution in [2.24, 2.45) is 0 Å². The zero-order valence-electron chi connectivity index (χ0n) is 12.2. The monoisotopic (exact) mass is 332 g/mol. The number of rotatable bonds is 7. The maximum Gasteiger partial charge on any atom is 0.326 e. The van der Waals surface area contributed by atoms with Crippen LogP contribution in [0.1, 0.15) is 16.9 Å². The highest BCUT2D eigenvalue weighted by atomic mass is 32.2. The Kier molecular flexibility index (Phi) is 5.99. The van der Waals surface area contributed by atoms with Gasteiger partial charge in [-0.25, -0.2) is 4.79 Å². The van der Waals surface area contributed by atoms with Crippen LogP contribution in [-0.2, 0) is 15.6 Å². The molecule has 7 heteroatoms. The molecule has 0 saturated heterocycles. The second kappa shape index (κ2) is 8.19. The fraction of sp³-hybridized carbons (Fsp3) is 0.188. The number of pyridine rings is 1. The Hall–Kier alpha value is -2.54. The summed E-state index contributed by atoms with van der Waals surface area (Å²) in [6, 6.07) is 12.5. The number of aromatic nitrogens is 1. The molecule has 0 aliphatic carbocycles. The van der Waals surface area contributed by atoms with Crippen LogP contribution in [0.15, 0.2) is 59.6 Å². The van der Waals surface area contributed by atoms with Gasteiger partial charge in [0.2, 0.25) is 0 Å². The number of aliphatic carboxylic acids is 1. The lowest BCUT2D eigenvalue weighted by molar-refractivity contribution is -0.139. The third kappa shape index (κ3) is 5.00. The predicted octanol–water partition coefficient (Wildman–Crippen LogP) is 1.46. The molecule has 0 spiro atoms. The van der Waals surface area contributed by atoms with E-state index in [9.17, 15) is 18.9 Å². The van der Waals surface area contributed by atoms with Gasteiger partial charge in [0.15, 0.2) is 0 Å². The molecule has 0 aliphatic heterocycles. The number of hydrogen-bond acceptors (Lipinski definition) is 4. The Morgan fingerprint density at radius 1 is 1.13 bits per heavy atom. The molecule has 6 nitrogen and oxygen atoms in total. The van der Waals surface area contributed by atoms with Crippen molar-refractivity contribution in [3.8, 4) is 0 Å². The van der Waals surface area contributed by atoms with Gasteiger partial charge >= 0.3 is 5.97 Å². The zero-order chi connectivity index (χ0) is 16.7. The first-order valence-electron chi connectivity index (χ1n) is 6.96. The summed E-state index contributed by atoms with van der Waals surface area (Å²) in [6.45, 7) is 0. The van der Waals surface area contributed by atoms with Crippen molar-refractivity contribution in [2.75, 3.05) is 5.75 Å². The molecule has 0 saturated carbocycles. The molecular formula is C16H16N2O4S. The summed E-state index contributed by atoms with van der Waals surface area (Å²) in [5, 5.41) is 11.6. The average Bonchev–Trinajstić information content (AvgIpc) is 2.59. The number of nitrogens with one attached hydrogen (secondary N) is 1. The lowest BCUT2D eigenvalue weighted by Gasteiger charge is -2.14. The smallest absolute Gasteiger partial charge is 0.326 e. The van der Waals surface area contributed by atoms with E-state index in [2.05, 4.69) is 10.3 Å². The van der Waals surface area contributed by atoms with Crippen LogP contribution in [0.3, 0.4) is 0 Å². The molecule has 1 amide bonds. The molecule has 1 heterocycles. The van der Waals surface area contributed by atoms with Crippen molar-refractivity contribution in [3.05, 3.63) is 60.4 Å². The van der Waals surface area contributed by atoms with E-state index in [0.717, 1.165) is 0 Å². The molecule has 0 aliphatic rings. The highest BCUT2D eigenvalue weighted by Crippen LogP contribution is 2.08. The zero-order valence-corrected chi connectivity index (χ0v) is 13.0. The number of carbonyl (C=O) groups is 2. The van der Waals surface area contributed by atoms with Crippen LogP contribution in [0, 0.1) is 0 Å². The Balaban J connectivity index is 1.96.